The number of rotatable bonds is 1. The standard InChI is InChI=1S/C11H12F3NO.ClH/c1-7-6-16-10(15-7)8-2-4-9(5-3-8)11(12,13)14;/h2-5,7,10,15H,6H2,1H3;1H. The summed E-state index contributed by atoms with van der Waals surface area (Å²) >= 11 is 0. The Hall–Kier alpha value is -0.780. The molecule has 1 fully saturated rings. The molecule has 2 nitrogen and oxygen atoms in total. The van der Waals surface area contributed by atoms with Crippen LogP contribution in [0, 0.1) is 0 Å². The molecule has 1 aromatic carbocycles. The molecule has 1 N–H and O–H groups in total. The maximum absolute atomic E-state index is 12.3. The minimum absolute atomic E-state index is 0. The number of ether oxygens (including phenoxy) is 1. The molecule has 1 aromatic rings. The largest absolute Gasteiger partial charge is 0.416 e. The van der Waals surface area contributed by atoms with Crippen molar-refractivity contribution in [2.45, 2.75) is 25.4 Å². The third kappa shape index (κ3) is 3.34. The Morgan fingerprint density at radius 2 is 1.82 bits per heavy atom. The van der Waals surface area contributed by atoms with E-state index in [1.54, 1.807) is 0 Å². The average Bonchev–Trinajstić information content (AvgIpc) is 2.64. The van der Waals surface area contributed by atoms with E-state index >= 15 is 0 Å². The van der Waals surface area contributed by atoms with Crippen molar-refractivity contribution in [3.63, 3.8) is 0 Å². The third-order valence-electron chi connectivity index (χ3n) is 2.49. The normalized spacial score (nSPS) is 24.5. The maximum atomic E-state index is 12.3. The van der Waals surface area contributed by atoms with E-state index in [9.17, 15) is 13.2 Å². The molecule has 0 amide bonds. The van der Waals surface area contributed by atoms with Crippen LogP contribution in [-0.4, -0.2) is 12.6 Å². The molecule has 2 rings (SSSR count). The zero-order valence-electron chi connectivity index (χ0n) is 9.12. The van der Waals surface area contributed by atoms with Gasteiger partial charge in [-0.05, 0) is 24.6 Å². The molecule has 1 saturated heterocycles. The highest BCUT2D eigenvalue weighted by molar-refractivity contribution is 5.85. The lowest BCUT2D eigenvalue weighted by Crippen LogP contribution is -2.22. The highest BCUT2D eigenvalue weighted by Crippen LogP contribution is 2.30. The molecule has 96 valence electrons. The summed E-state index contributed by atoms with van der Waals surface area (Å²) < 4.78 is 42.3. The Bertz CT molecular complexity index is 366. The quantitative estimate of drug-likeness (QED) is 0.844. The van der Waals surface area contributed by atoms with Gasteiger partial charge in [-0.25, -0.2) is 0 Å². The number of benzene rings is 1. The molecule has 1 aliphatic rings. The van der Waals surface area contributed by atoms with Gasteiger partial charge in [-0.2, -0.15) is 13.2 Å². The molecule has 0 aliphatic carbocycles. The summed E-state index contributed by atoms with van der Waals surface area (Å²) in [5.41, 5.74) is 0.0830. The van der Waals surface area contributed by atoms with Crippen LogP contribution in [0.3, 0.4) is 0 Å². The van der Waals surface area contributed by atoms with Crippen molar-refractivity contribution >= 4 is 12.4 Å². The predicted octanol–water partition coefficient (Wildman–Crippen LogP) is 3.13. The summed E-state index contributed by atoms with van der Waals surface area (Å²) in [5, 5.41) is 3.12. The summed E-state index contributed by atoms with van der Waals surface area (Å²) in [5.74, 6) is 0. The fourth-order valence-corrected chi connectivity index (χ4v) is 1.63. The average molecular weight is 268 g/mol. The van der Waals surface area contributed by atoms with Crippen LogP contribution in [0.4, 0.5) is 13.2 Å². The Balaban J connectivity index is 0.00000144. The lowest BCUT2D eigenvalue weighted by atomic mass is 10.1. The summed E-state index contributed by atoms with van der Waals surface area (Å²) in [6, 6.07) is 5.26. The molecular formula is C11H13ClF3NO. The van der Waals surface area contributed by atoms with E-state index in [0.29, 0.717) is 6.61 Å². The van der Waals surface area contributed by atoms with Crippen molar-refractivity contribution in [3.05, 3.63) is 35.4 Å². The fourth-order valence-electron chi connectivity index (χ4n) is 1.63. The van der Waals surface area contributed by atoms with Gasteiger partial charge >= 0.3 is 6.18 Å². The van der Waals surface area contributed by atoms with Gasteiger partial charge in [0.05, 0.1) is 12.2 Å². The monoisotopic (exact) mass is 267 g/mol. The van der Waals surface area contributed by atoms with E-state index in [0.717, 1.165) is 17.7 Å². The van der Waals surface area contributed by atoms with Gasteiger partial charge < -0.3 is 4.74 Å². The summed E-state index contributed by atoms with van der Waals surface area (Å²) in [4.78, 5) is 0. The van der Waals surface area contributed by atoms with E-state index in [1.165, 1.54) is 12.1 Å². The van der Waals surface area contributed by atoms with Crippen LogP contribution in [-0.2, 0) is 10.9 Å². The predicted molar refractivity (Wildman–Crippen MR) is 60.0 cm³/mol. The third-order valence-corrected chi connectivity index (χ3v) is 2.49. The minimum atomic E-state index is -4.28. The Labute approximate surface area is 104 Å². The summed E-state index contributed by atoms with van der Waals surface area (Å²) in [6.07, 6.45) is -4.58. The molecule has 2 unspecified atom stereocenters. The second-order valence-corrected chi connectivity index (χ2v) is 3.90. The molecule has 0 spiro atoms. The number of hydrogen-bond acceptors (Lipinski definition) is 2. The fraction of sp³-hybridized carbons (Fsp3) is 0.455. The van der Waals surface area contributed by atoms with Gasteiger partial charge in [0.25, 0.3) is 0 Å². The first-order valence-corrected chi connectivity index (χ1v) is 5.01. The molecule has 6 heteroatoms. The molecule has 0 bridgehead atoms. The molecule has 17 heavy (non-hydrogen) atoms. The summed E-state index contributed by atoms with van der Waals surface area (Å²) in [7, 11) is 0. The van der Waals surface area contributed by atoms with Crippen LogP contribution in [0.5, 0.6) is 0 Å². The SMILES string of the molecule is CC1COC(c2ccc(C(F)(F)F)cc2)N1.Cl. The highest BCUT2D eigenvalue weighted by atomic mass is 35.5. The van der Waals surface area contributed by atoms with Gasteiger partial charge in [0.2, 0.25) is 0 Å². The van der Waals surface area contributed by atoms with Crippen LogP contribution < -0.4 is 5.32 Å². The Morgan fingerprint density at radius 3 is 2.24 bits per heavy atom. The van der Waals surface area contributed by atoms with Crippen LogP contribution in [0.1, 0.15) is 24.3 Å². The van der Waals surface area contributed by atoms with E-state index in [-0.39, 0.29) is 24.7 Å². The van der Waals surface area contributed by atoms with Gasteiger partial charge in [-0.15, -0.1) is 12.4 Å². The van der Waals surface area contributed by atoms with Crippen molar-refractivity contribution in [1.82, 2.24) is 5.32 Å². The minimum Gasteiger partial charge on any atom is -0.357 e. The van der Waals surface area contributed by atoms with Gasteiger partial charge in [-0.1, -0.05) is 12.1 Å². The van der Waals surface area contributed by atoms with Gasteiger partial charge in [-0.3, -0.25) is 5.32 Å². The molecular weight excluding hydrogens is 255 g/mol. The van der Waals surface area contributed by atoms with Crippen molar-refractivity contribution in [2.75, 3.05) is 6.61 Å². The molecule has 1 heterocycles. The maximum Gasteiger partial charge on any atom is 0.416 e. The van der Waals surface area contributed by atoms with Crippen LogP contribution >= 0.6 is 12.4 Å². The molecule has 2 atom stereocenters. The van der Waals surface area contributed by atoms with Gasteiger partial charge in [0.15, 0.2) is 0 Å². The van der Waals surface area contributed by atoms with E-state index in [1.807, 2.05) is 6.92 Å². The zero-order chi connectivity index (χ0) is 11.8. The van der Waals surface area contributed by atoms with Crippen molar-refractivity contribution in [2.24, 2.45) is 0 Å². The van der Waals surface area contributed by atoms with Crippen LogP contribution in [0.15, 0.2) is 24.3 Å². The van der Waals surface area contributed by atoms with Gasteiger partial charge in [0.1, 0.15) is 6.23 Å². The lowest BCUT2D eigenvalue weighted by molar-refractivity contribution is -0.137. The van der Waals surface area contributed by atoms with E-state index in [2.05, 4.69) is 5.32 Å². The molecule has 0 aromatic heterocycles. The molecule has 0 radical (unpaired) electrons. The number of halogens is 4. The van der Waals surface area contributed by atoms with Crippen molar-refractivity contribution in [1.29, 1.82) is 0 Å². The topological polar surface area (TPSA) is 21.3 Å². The molecule has 1 aliphatic heterocycles. The first kappa shape index (κ1) is 14.3. The number of alkyl halides is 3. The first-order chi connectivity index (χ1) is 7.47. The first-order valence-electron chi connectivity index (χ1n) is 5.01. The Kier molecular flexibility index (Phi) is 4.41. The second kappa shape index (κ2) is 5.25. The van der Waals surface area contributed by atoms with Crippen LogP contribution in [0.2, 0.25) is 0 Å². The second-order valence-electron chi connectivity index (χ2n) is 3.90. The van der Waals surface area contributed by atoms with Crippen molar-refractivity contribution < 1.29 is 17.9 Å². The highest BCUT2D eigenvalue weighted by Gasteiger charge is 2.30. The zero-order valence-corrected chi connectivity index (χ0v) is 9.94. The van der Waals surface area contributed by atoms with E-state index < -0.39 is 11.7 Å². The van der Waals surface area contributed by atoms with Crippen molar-refractivity contribution in [3.8, 4) is 0 Å². The smallest absolute Gasteiger partial charge is 0.357 e. The number of hydrogen-bond donors (Lipinski definition) is 1. The summed E-state index contributed by atoms with van der Waals surface area (Å²) in [6.45, 7) is 2.54. The Morgan fingerprint density at radius 1 is 1.24 bits per heavy atom. The van der Waals surface area contributed by atoms with Crippen LogP contribution in [0.25, 0.3) is 0 Å². The number of nitrogens with one attached hydrogen (secondary N) is 1. The van der Waals surface area contributed by atoms with Gasteiger partial charge in [0, 0.05) is 6.04 Å². The van der Waals surface area contributed by atoms with E-state index in [4.69, 9.17) is 4.74 Å². The molecule has 0 saturated carbocycles. The lowest BCUT2D eigenvalue weighted by Gasteiger charge is -2.12.